The van der Waals surface area contributed by atoms with Gasteiger partial charge in [0.05, 0.1) is 11.3 Å². The molecule has 2 aromatic rings. The van der Waals surface area contributed by atoms with E-state index in [2.05, 4.69) is 34.0 Å². The number of nitrogens with one attached hydrogen (secondary N) is 1. The highest BCUT2D eigenvalue weighted by molar-refractivity contribution is 6.35. The number of hydrogen-bond donors (Lipinski definition) is 2. The maximum Gasteiger partial charge on any atom is 0.227 e. The lowest BCUT2D eigenvalue weighted by Crippen LogP contribution is -2.28. The Morgan fingerprint density at radius 3 is 2.57 bits per heavy atom. The first-order valence-corrected chi connectivity index (χ1v) is 10.2. The lowest BCUT2D eigenvalue weighted by atomic mass is 9.94. The Balaban J connectivity index is 1.75. The van der Waals surface area contributed by atoms with E-state index in [0.717, 1.165) is 37.4 Å². The molecule has 146 valence electrons. The third-order valence-electron chi connectivity index (χ3n) is 5.71. The molecule has 2 aliphatic rings. The molecule has 2 saturated heterocycles. The molecule has 2 fully saturated rings. The number of nitrogen functional groups attached to an aromatic ring is 1. The highest BCUT2D eigenvalue weighted by Crippen LogP contribution is 2.35. The standard InChI is InChI=1S/C21H23Cl2N5/c1-3-4-17-19(12(2)16-6-5-15(22)7-18(16)23)26-21(27-20(17)24)28-10-13-8-25-9-14(13)11-28/h5-7,12-14,25H,8-11H2,1-2H3,(H2,24,26,27)/t12-,13-,14+/m1/s1. The van der Waals surface area contributed by atoms with E-state index in [9.17, 15) is 0 Å². The molecule has 5 nitrogen and oxygen atoms in total. The van der Waals surface area contributed by atoms with Gasteiger partial charge in [0.2, 0.25) is 5.95 Å². The van der Waals surface area contributed by atoms with Crippen molar-refractivity contribution in [1.82, 2.24) is 15.3 Å². The third kappa shape index (κ3) is 3.53. The molecule has 3 heterocycles. The van der Waals surface area contributed by atoms with Crippen molar-refractivity contribution in [1.29, 1.82) is 0 Å². The maximum atomic E-state index is 6.46. The minimum absolute atomic E-state index is 0.0894. The van der Waals surface area contributed by atoms with E-state index in [4.69, 9.17) is 33.9 Å². The molecule has 1 aromatic heterocycles. The minimum atomic E-state index is -0.0894. The van der Waals surface area contributed by atoms with Crippen LogP contribution in [0.4, 0.5) is 11.8 Å². The first-order valence-electron chi connectivity index (χ1n) is 9.48. The summed E-state index contributed by atoms with van der Waals surface area (Å²) in [6, 6.07) is 5.52. The van der Waals surface area contributed by atoms with Crippen molar-refractivity contribution in [2.45, 2.75) is 19.8 Å². The van der Waals surface area contributed by atoms with Crippen LogP contribution < -0.4 is 16.0 Å². The summed E-state index contributed by atoms with van der Waals surface area (Å²) >= 11 is 12.5. The topological polar surface area (TPSA) is 67.1 Å². The summed E-state index contributed by atoms with van der Waals surface area (Å²) in [4.78, 5) is 11.8. The average molecular weight is 416 g/mol. The highest BCUT2D eigenvalue weighted by Gasteiger charge is 2.37. The van der Waals surface area contributed by atoms with Crippen molar-refractivity contribution < 1.29 is 0 Å². The van der Waals surface area contributed by atoms with Gasteiger partial charge in [-0.05, 0) is 36.5 Å². The summed E-state index contributed by atoms with van der Waals surface area (Å²) in [5.74, 6) is 8.32. The zero-order valence-corrected chi connectivity index (χ0v) is 17.5. The van der Waals surface area contributed by atoms with Crippen molar-refractivity contribution in [3.63, 3.8) is 0 Å². The molecular formula is C21H23Cl2N5. The average Bonchev–Trinajstić information content (AvgIpc) is 3.25. The fourth-order valence-corrected chi connectivity index (χ4v) is 4.78. The number of benzene rings is 1. The Morgan fingerprint density at radius 1 is 1.21 bits per heavy atom. The van der Waals surface area contributed by atoms with E-state index >= 15 is 0 Å². The van der Waals surface area contributed by atoms with Crippen LogP contribution in [0.5, 0.6) is 0 Å². The van der Waals surface area contributed by atoms with Gasteiger partial charge in [0, 0.05) is 42.1 Å². The molecule has 0 saturated carbocycles. The van der Waals surface area contributed by atoms with Gasteiger partial charge in [-0.3, -0.25) is 0 Å². The van der Waals surface area contributed by atoms with E-state index in [1.165, 1.54) is 0 Å². The second-order valence-electron chi connectivity index (χ2n) is 7.52. The third-order valence-corrected chi connectivity index (χ3v) is 6.28. The van der Waals surface area contributed by atoms with Crippen molar-refractivity contribution in [3.05, 3.63) is 45.1 Å². The molecule has 0 spiro atoms. The van der Waals surface area contributed by atoms with Gasteiger partial charge < -0.3 is 16.0 Å². The fraction of sp³-hybridized carbons (Fsp3) is 0.429. The summed E-state index contributed by atoms with van der Waals surface area (Å²) in [6.45, 7) is 7.85. The van der Waals surface area contributed by atoms with Gasteiger partial charge >= 0.3 is 0 Å². The second kappa shape index (κ2) is 7.79. The molecule has 3 atom stereocenters. The quantitative estimate of drug-likeness (QED) is 0.750. The summed E-state index contributed by atoms with van der Waals surface area (Å²) in [5, 5.41) is 4.67. The van der Waals surface area contributed by atoms with Gasteiger partial charge in [0.1, 0.15) is 5.82 Å². The lowest BCUT2D eigenvalue weighted by Gasteiger charge is -2.22. The van der Waals surface area contributed by atoms with Crippen LogP contribution in [-0.4, -0.2) is 36.1 Å². The SMILES string of the molecule is CC#Cc1c(N)nc(N2C[C@H]3CNC[C@H]3C2)nc1[C@H](C)c1ccc(Cl)cc1Cl. The van der Waals surface area contributed by atoms with Gasteiger partial charge in [-0.15, -0.1) is 5.92 Å². The fourth-order valence-electron chi connectivity index (χ4n) is 4.21. The first kappa shape index (κ1) is 19.3. The monoisotopic (exact) mass is 415 g/mol. The van der Waals surface area contributed by atoms with Crippen LogP contribution in [0, 0.1) is 23.7 Å². The summed E-state index contributed by atoms with van der Waals surface area (Å²) in [7, 11) is 0. The van der Waals surface area contributed by atoms with E-state index in [0.29, 0.717) is 39.2 Å². The number of fused-ring (bicyclic) bond motifs is 1. The maximum absolute atomic E-state index is 6.46. The molecule has 7 heteroatoms. The molecule has 0 bridgehead atoms. The largest absolute Gasteiger partial charge is 0.382 e. The van der Waals surface area contributed by atoms with Gasteiger partial charge in [-0.2, -0.15) is 4.98 Å². The van der Waals surface area contributed by atoms with Crippen molar-refractivity contribution >= 4 is 35.0 Å². The van der Waals surface area contributed by atoms with Gasteiger partial charge in [-0.1, -0.05) is 42.1 Å². The number of rotatable bonds is 3. The Labute approximate surface area is 175 Å². The van der Waals surface area contributed by atoms with Crippen LogP contribution in [0.25, 0.3) is 0 Å². The minimum Gasteiger partial charge on any atom is -0.382 e. The number of hydrogen-bond acceptors (Lipinski definition) is 5. The summed E-state index contributed by atoms with van der Waals surface area (Å²) in [6.07, 6.45) is 0. The molecule has 4 rings (SSSR count). The van der Waals surface area contributed by atoms with Crippen LogP contribution in [0.2, 0.25) is 10.0 Å². The highest BCUT2D eigenvalue weighted by atomic mass is 35.5. The molecular weight excluding hydrogens is 393 g/mol. The first-order chi connectivity index (χ1) is 13.5. The van der Waals surface area contributed by atoms with Crippen molar-refractivity contribution in [2.24, 2.45) is 11.8 Å². The zero-order valence-electron chi connectivity index (χ0n) is 16.0. The van der Waals surface area contributed by atoms with E-state index < -0.39 is 0 Å². The molecule has 28 heavy (non-hydrogen) atoms. The Bertz CT molecular complexity index is 953. The van der Waals surface area contributed by atoms with Crippen LogP contribution in [0.1, 0.15) is 36.6 Å². The summed E-state index contributed by atoms with van der Waals surface area (Å²) in [5.41, 5.74) is 8.74. The number of anilines is 2. The van der Waals surface area contributed by atoms with Crippen LogP contribution in [-0.2, 0) is 0 Å². The number of aromatic nitrogens is 2. The predicted molar refractivity (Wildman–Crippen MR) is 115 cm³/mol. The Kier molecular flexibility index (Phi) is 5.37. The molecule has 0 amide bonds. The Morgan fingerprint density at radius 2 is 1.93 bits per heavy atom. The van der Waals surface area contributed by atoms with Crippen molar-refractivity contribution in [3.8, 4) is 11.8 Å². The van der Waals surface area contributed by atoms with Crippen LogP contribution >= 0.6 is 23.2 Å². The van der Waals surface area contributed by atoms with Gasteiger partial charge in [0.15, 0.2) is 0 Å². The van der Waals surface area contributed by atoms with Gasteiger partial charge in [-0.25, -0.2) is 4.98 Å². The normalized spacial score (nSPS) is 21.9. The van der Waals surface area contributed by atoms with Crippen LogP contribution in [0.15, 0.2) is 18.2 Å². The number of nitrogens with two attached hydrogens (primary N) is 1. The zero-order chi connectivity index (χ0) is 19.8. The molecule has 2 aliphatic heterocycles. The lowest BCUT2D eigenvalue weighted by molar-refractivity contribution is 0.533. The molecule has 0 unspecified atom stereocenters. The van der Waals surface area contributed by atoms with E-state index in [1.54, 1.807) is 13.0 Å². The molecule has 0 aliphatic carbocycles. The molecule has 1 aromatic carbocycles. The smallest absolute Gasteiger partial charge is 0.227 e. The Hall–Kier alpha value is -2.00. The van der Waals surface area contributed by atoms with Crippen molar-refractivity contribution in [2.75, 3.05) is 36.8 Å². The summed E-state index contributed by atoms with van der Waals surface area (Å²) < 4.78 is 0. The van der Waals surface area contributed by atoms with E-state index in [-0.39, 0.29) is 5.92 Å². The van der Waals surface area contributed by atoms with Crippen LogP contribution in [0.3, 0.4) is 0 Å². The number of halogens is 2. The van der Waals surface area contributed by atoms with E-state index in [1.807, 2.05) is 12.1 Å². The second-order valence-corrected chi connectivity index (χ2v) is 8.36. The number of nitrogens with zero attached hydrogens (tertiary/aromatic N) is 3. The molecule has 0 radical (unpaired) electrons. The van der Waals surface area contributed by atoms with Gasteiger partial charge in [0.25, 0.3) is 0 Å². The predicted octanol–water partition coefficient (Wildman–Crippen LogP) is 3.54. The molecule has 3 N–H and O–H groups in total.